The molecular formula is C19H16ClN5O. The van der Waals surface area contributed by atoms with Crippen LogP contribution in [0.15, 0.2) is 47.4 Å². The van der Waals surface area contributed by atoms with E-state index in [9.17, 15) is 4.79 Å². The SMILES string of the molecule is N#Cc1ccc(-n2[nH]c3c(c2=O)CN(Cc2ccc(Cl)nc2)CC3)cc1. The number of hydrogen-bond acceptors (Lipinski definition) is 4. The summed E-state index contributed by atoms with van der Waals surface area (Å²) in [6.07, 6.45) is 2.55. The Labute approximate surface area is 155 Å². The monoisotopic (exact) mass is 365 g/mol. The smallest absolute Gasteiger partial charge is 0.275 e. The fourth-order valence-corrected chi connectivity index (χ4v) is 3.33. The van der Waals surface area contributed by atoms with E-state index < -0.39 is 0 Å². The highest BCUT2D eigenvalue weighted by Gasteiger charge is 2.23. The van der Waals surface area contributed by atoms with Gasteiger partial charge in [-0.2, -0.15) is 5.26 Å². The Bertz CT molecular complexity index is 1030. The lowest BCUT2D eigenvalue weighted by molar-refractivity contribution is 0.244. The van der Waals surface area contributed by atoms with Gasteiger partial charge in [-0.25, -0.2) is 9.67 Å². The normalized spacial score (nSPS) is 14.0. The van der Waals surface area contributed by atoms with Crippen LogP contribution in [0.3, 0.4) is 0 Å². The first-order valence-corrected chi connectivity index (χ1v) is 8.68. The van der Waals surface area contributed by atoms with E-state index in [-0.39, 0.29) is 5.56 Å². The summed E-state index contributed by atoms with van der Waals surface area (Å²) in [7, 11) is 0. The third kappa shape index (κ3) is 3.15. The number of nitriles is 1. The Hall–Kier alpha value is -2.88. The molecule has 1 aliphatic heterocycles. The number of aromatic nitrogens is 3. The lowest BCUT2D eigenvalue weighted by Crippen LogP contribution is -2.32. The van der Waals surface area contributed by atoms with Crippen molar-refractivity contribution in [2.45, 2.75) is 19.5 Å². The Kier molecular flexibility index (Phi) is 4.33. The van der Waals surface area contributed by atoms with E-state index in [1.165, 1.54) is 0 Å². The van der Waals surface area contributed by atoms with E-state index >= 15 is 0 Å². The Morgan fingerprint density at radius 2 is 2.04 bits per heavy atom. The zero-order valence-electron chi connectivity index (χ0n) is 13.9. The predicted molar refractivity (Wildman–Crippen MR) is 98.2 cm³/mol. The Balaban J connectivity index is 1.57. The molecule has 0 radical (unpaired) electrons. The van der Waals surface area contributed by atoms with Gasteiger partial charge in [0.2, 0.25) is 0 Å². The molecule has 0 amide bonds. The average molecular weight is 366 g/mol. The van der Waals surface area contributed by atoms with Gasteiger partial charge in [-0.1, -0.05) is 17.7 Å². The van der Waals surface area contributed by atoms with Crippen molar-refractivity contribution in [1.82, 2.24) is 19.7 Å². The van der Waals surface area contributed by atoms with E-state index in [4.69, 9.17) is 16.9 Å². The number of halogens is 1. The number of nitrogens with one attached hydrogen (secondary N) is 1. The molecule has 0 unspecified atom stereocenters. The van der Waals surface area contributed by atoms with Gasteiger partial charge in [0.05, 0.1) is 22.9 Å². The largest absolute Gasteiger partial charge is 0.295 e. The number of hydrogen-bond donors (Lipinski definition) is 1. The van der Waals surface area contributed by atoms with Gasteiger partial charge in [0, 0.05) is 37.9 Å². The van der Waals surface area contributed by atoms with Crippen molar-refractivity contribution < 1.29 is 0 Å². The maximum atomic E-state index is 12.8. The molecule has 7 heteroatoms. The molecule has 1 N–H and O–H groups in total. The lowest BCUT2D eigenvalue weighted by atomic mass is 10.1. The molecule has 0 bridgehead atoms. The van der Waals surface area contributed by atoms with E-state index in [1.54, 1.807) is 41.2 Å². The van der Waals surface area contributed by atoms with Crippen LogP contribution in [0.5, 0.6) is 0 Å². The van der Waals surface area contributed by atoms with Crippen LogP contribution in [-0.4, -0.2) is 26.2 Å². The van der Waals surface area contributed by atoms with Crippen LogP contribution in [0.2, 0.25) is 5.15 Å². The number of aromatic amines is 1. The molecule has 0 saturated carbocycles. The topological polar surface area (TPSA) is 77.7 Å². The second-order valence-corrected chi connectivity index (χ2v) is 6.71. The first-order chi connectivity index (χ1) is 12.6. The summed E-state index contributed by atoms with van der Waals surface area (Å²) in [6, 6.07) is 12.8. The minimum atomic E-state index is -0.0383. The molecule has 130 valence electrons. The van der Waals surface area contributed by atoms with Crippen LogP contribution in [0.25, 0.3) is 5.69 Å². The maximum absolute atomic E-state index is 12.8. The van der Waals surface area contributed by atoms with Gasteiger partial charge in [-0.15, -0.1) is 0 Å². The zero-order valence-corrected chi connectivity index (χ0v) is 14.7. The third-order valence-electron chi connectivity index (χ3n) is 4.58. The van der Waals surface area contributed by atoms with Gasteiger partial charge < -0.3 is 0 Å². The molecule has 0 fully saturated rings. The van der Waals surface area contributed by atoms with Crippen molar-refractivity contribution >= 4 is 11.6 Å². The number of rotatable bonds is 3. The molecule has 1 aromatic carbocycles. The van der Waals surface area contributed by atoms with Gasteiger partial charge in [0.1, 0.15) is 5.15 Å². The summed E-state index contributed by atoms with van der Waals surface area (Å²) >= 11 is 5.83. The highest BCUT2D eigenvalue weighted by molar-refractivity contribution is 6.29. The van der Waals surface area contributed by atoms with Crippen molar-refractivity contribution in [2.24, 2.45) is 0 Å². The van der Waals surface area contributed by atoms with Gasteiger partial charge >= 0.3 is 0 Å². The van der Waals surface area contributed by atoms with E-state index in [1.807, 2.05) is 6.07 Å². The number of fused-ring (bicyclic) bond motifs is 1. The highest BCUT2D eigenvalue weighted by atomic mass is 35.5. The van der Waals surface area contributed by atoms with Gasteiger partial charge in [0.25, 0.3) is 5.56 Å². The van der Waals surface area contributed by atoms with E-state index in [2.05, 4.69) is 21.1 Å². The minimum Gasteiger partial charge on any atom is -0.295 e. The van der Waals surface area contributed by atoms with Gasteiger partial charge in [0.15, 0.2) is 0 Å². The number of pyridine rings is 1. The summed E-state index contributed by atoms with van der Waals surface area (Å²) in [5.41, 5.74) is 4.11. The van der Waals surface area contributed by atoms with E-state index in [0.29, 0.717) is 17.3 Å². The molecule has 4 rings (SSSR count). The second kappa shape index (κ2) is 6.79. The van der Waals surface area contributed by atoms with Crippen molar-refractivity contribution in [3.8, 4) is 11.8 Å². The maximum Gasteiger partial charge on any atom is 0.275 e. The number of nitrogens with zero attached hydrogens (tertiary/aromatic N) is 4. The van der Waals surface area contributed by atoms with Crippen LogP contribution >= 0.6 is 11.6 Å². The molecule has 3 heterocycles. The molecule has 3 aromatic rings. The van der Waals surface area contributed by atoms with Crippen LogP contribution in [0.4, 0.5) is 0 Å². The standard InChI is InChI=1S/C19H16ClN5O/c20-18-6-3-14(10-22-18)11-24-8-7-17-16(12-24)19(26)25(23-17)15-4-1-13(9-21)2-5-15/h1-6,10,23H,7-8,11-12H2. The summed E-state index contributed by atoms with van der Waals surface area (Å²) < 4.78 is 1.55. The number of benzene rings is 1. The van der Waals surface area contributed by atoms with Gasteiger partial charge in [-0.3, -0.25) is 14.8 Å². The minimum absolute atomic E-state index is 0.0383. The zero-order chi connectivity index (χ0) is 18.1. The molecule has 6 nitrogen and oxygen atoms in total. The van der Waals surface area contributed by atoms with Crippen LogP contribution in [0, 0.1) is 11.3 Å². The van der Waals surface area contributed by atoms with Crippen molar-refractivity contribution in [3.63, 3.8) is 0 Å². The van der Waals surface area contributed by atoms with Crippen LogP contribution in [-0.2, 0) is 19.5 Å². The quantitative estimate of drug-likeness (QED) is 0.724. The van der Waals surface area contributed by atoms with Crippen LogP contribution in [0.1, 0.15) is 22.4 Å². The summed E-state index contributed by atoms with van der Waals surface area (Å²) in [6.45, 7) is 2.19. The molecule has 0 saturated heterocycles. The second-order valence-electron chi connectivity index (χ2n) is 6.32. The van der Waals surface area contributed by atoms with Crippen molar-refractivity contribution in [1.29, 1.82) is 5.26 Å². The van der Waals surface area contributed by atoms with E-state index in [0.717, 1.165) is 42.0 Å². The average Bonchev–Trinajstić information content (AvgIpc) is 3.00. The van der Waals surface area contributed by atoms with Crippen molar-refractivity contribution in [3.05, 3.63) is 80.5 Å². The van der Waals surface area contributed by atoms with Crippen LogP contribution < -0.4 is 5.56 Å². The lowest BCUT2D eigenvalue weighted by Gasteiger charge is -2.25. The molecule has 2 aromatic heterocycles. The first kappa shape index (κ1) is 16.6. The summed E-state index contributed by atoms with van der Waals surface area (Å²) in [4.78, 5) is 19.2. The molecule has 0 spiro atoms. The molecule has 0 aliphatic carbocycles. The molecule has 1 aliphatic rings. The molecule has 0 atom stereocenters. The Morgan fingerprint density at radius 3 is 2.73 bits per heavy atom. The molecule has 26 heavy (non-hydrogen) atoms. The third-order valence-corrected chi connectivity index (χ3v) is 4.81. The van der Waals surface area contributed by atoms with Gasteiger partial charge in [-0.05, 0) is 35.9 Å². The first-order valence-electron chi connectivity index (χ1n) is 8.30. The summed E-state index contributed by atoms with van der Waals surface area (Å²) in [5.74, 6) is 0. The number of H-pyrrole nitrogens is 1. The predicted octanol–water partition coefficient (Wildman–Crippen LogP) is 2.64. The summed E-state index contributed by atoms with van der Waals surface area (Å²) in [5, 5.41) is 12.6. The fourth-order valence-electron chi connectivity index (χ4n) is 3.22. The molecular weight excluding hydrogens is 350 g/mol. The fraction of sp³-hybridized carbons (Fsp3) is 0.211. The van der Waals surface area contributed by atoms with Crippen molar-refractivity contribution in [2.75, 3.05) is 6.54 Å². The Morgan fingerprint density at radius 1 is 1.23 bits per heavy atom. The highest BCUT2D eigenvalue weighted by Crippen LogP contribution is 2.18.